The minimum Gasteiger partial charge on any atom is -0.465 e. The SMILES string of the molecule is COCCCOCCNC(C)c1ccc(C)o1. The highest BCUT2D eigenvalue weighted by Gasteiger charge is 2.07. The van der Waals surface area contributed by atoms with Crippen LogP contribution in [0.3, 0.4) is 0 Å². The summed E-state index contributed by atoms with van der Waals surface area (Å²) in [5.74, 6) is 1.92. The maximum Gasteiger partial charge on any atom is 0.120 e. The van der Waals surface area contributed by atoms with Crippen molar-refractivity contribution in [1.29, 1.82) is 0 Å². The second-order valence-electron chi connectivity index (χ2n) is 4.08. The molecule has 4 heteroatoms. The maximum absolute atomic E-state index is 5.54. The molecule has 98 valence electrons. The molecule has 0 aliphatic rings. The molecule has 0 saturated carbocycles. The van der Waals surface area contributed by atoms with Crippen molar-refractivity contribution in [3.8, 4) is 0 Å². The number of aryl methyl sites for hydroxylation is 1. The molecule has 17 heavy (non-hydrogen) atoms. The van der Waals surface area contributed by atoms with Crippen LogP contribution in [0.2, 0.25) is 0 Å². The molecule has 0 spiro atoms. The van der Waals surface area contributed by atoms with Crippen LogP contribution < -0.4 is 5.32 Å². The van der Waals surface area contributed by atoms with E-state index in [1.54, 1.807) is 7.11 Å². The third-order valence-corrected chi connectivity index (χ3v) is 2.52. The molecular weight excluding hydrogens is 218 g/mol. The fourth-order valence-corrected chi connectivity index (χ4v) is 1.54. The topological polar surface area (TPSA) is 43.6 Å². The minimum absolute atomic E-state index is 0.228. The van der Waals surface area contributed by atoms with E-state index in [0.29, 0.717) is 6.61 Å². The van der Waals surface area contributed by atoms with Gasteiger partial charge in [0.15, 0.2) is 0 Å². The predicted octanol–water partition coefficient (Wildman–Crippen LogP) is 2.29. The van der Waals surface area contributed by atoms with Crippen LogP contribution in [0.15, 0.2) is 16.5 Å². The van der Waals surface area contributed by atoms with E-state index < -0.39 is 0 Å². The zero-order chi connectivity index (χ0) is 12.5. The minimum atomic E-state index is 0.228. The molecule has 1 aromatic heterocycles. The molecule has 1 unspecified atom stereocenters. The summed E-state index contributed by atoms with van der Waals surface area (Å²) in [7, 11) is 1.70. The summed E-state index contributed by atoms with van der Waals surface area (Å²) in [6.07, 6.45) is 0.948. The van der Waals surface area contributed by atoms with Gasteiger partial charge in [0.2, 0.25) is 0 Å². The Kier molecular flexibility index (Phi) is 6.93. The van der Waals surface area contributed by atoms with Crippen molar-refractivity contribution in [3.63, 3.8) is 0 Å². The molecule has 1 aromatic rings. The summed E-state index contributed by atoms with van der Waals surface area (Å²) in [4.78, 5) is 0. The summed E-state index contributed by atoms with van der Waals surface area (Å²) in [6.45, 7) is 7.10. The quantitative estimate of drug-likeness (QED) is 0.674. The Balaban J connectivity index is 2.03. The molecule has 0 fully saturated rings. The number of rotatable bonds is 9. The van der Waals surface area contributed by atoms with E-state index in [1.165, 1.54) is 0 Å². The average molecular weight is 241 g/mol. The lowest BCUT2D eigenvalue weighted by atomic mass is 10.2. The summed E-state index contributed by atoms with van der Waals surface area (Å²) in [5, 5.41) is 3.35. The van der Waals surface area contributed by atoms with Gasteiger partial charge in [0.25, 0.3) is 0 Å². The van der Waals surface area contributed by atoms with Gasteiger partial charge in [0.05, 0.1) is 12.6 Å². The summed E-state index contributed by atoms with van der Waals surface area (Å²) < 4.78 is 15.9. The second kappa shape index (κ2) is 8.28. The van der Waals surface area contributed by atoms with Gasteiger partial charge in [0.1, 0.15) is 11.5 Å². The lowest BCUT2D eigenvalue weighted by Crippen LogP contribution is -2.23. The van der Waals surface area contributed by atoms with E-state index >= 15 is 0 Å². The Hall–Kier alpha value is -0.840. The second-order valence-corrected chi connectivity index (χ2v) is 4.08. The van der Waals surface area contributed by atoms with Gasteiger partial charge < -0.3 is 19.2 Å². The number of nitrogens with one attached hydrogen (secondary N) is 1. The van der Waals surface area contributed by atoms with Gasteiger partial charge in [0, 0.05) is 26.9 Å². The van der Waals surface area contributed by atoms with Gasteiger partial charge in [-0.2, -0.15) is 0 Å². The van der Waals surface area contributed by atoms with Crippen molar-refractivity contribution < 1.29 is 13.9 Å². The Morgan fingerprint density at radius 3 is 2.76 bits per heavy atom. The lowest BCUT2D eigenvalue weighted by molar-refractivity contribution is 0.103. The predicted molar refractivity (Wildman–Crippen MR) is 67.2 cm³/mol. The fourth-order valence-electron chi connectivity index (χ4n) is 1.54. The molecule has 0 bridgehead atoms. The molecular formula is C13H23NO3. The molecule has 0 saturated heterocycles. The van der Waals surface area contributed by atoms with Crippen molar-refractivity contribution in [3.05, 3.63) is 23.7 Å². The Morgan fingerprint density at radius 2 is 2.12 bits per heavy atom. The van der Waals surface area contributed by atoms with Crippen LogP contribution in [0.1, 0.15) is 30.9 Å². The van der Waals surface area contributed by atoms with Crippen molar-refractivity contribution in [2.45, 2.75) is 26.3 Å². The smallest absolute Gasteiger partial charge is 0.120 e. The van der Waals surface area contributed by atoms with Crippen LogP contribution in [-0.4, -0.2) is 33.5 Å². The molecule has 0 aliphatic carbocycles. The van der Waals surface area contributed by atoms with Crippen LogP contribution in [0, 0.1) is 6.92 Å². The Bertz CT molecular complexity index is 299. The fraction of sp³-hybridized carbons (Fsp3) is 0.692. The van der Waals surface area contributed by atoms with Crippen LogP contribution in [-0.2, 0) is 9.47 Å². The van der Waals surface area contributed by atoms with E-state index in [1.807, 2.05) is 19.1 Å². The summed E-state index contributed by atoms with van der Waals surface area (Å²) >= 11 is 0. The van der Waals surface area contributed by atoms with Gasteiger partial charge in [-0.05, 0) is 32.4 Å². The van der Waals surface area contributed by atoms with E-state index in [-0.39, 0.29) is 6.04 Å². The zero-order valence-electron chi connectivity index (χ0n) is 11.0. The standard InChI is InChI=1S/C13H23NO3/c1-11-5-6-13(17-11)12(2)14-7-10-16-9-4-8-15-3/h5-6,12,14H,4,7-10H2,1-3H3. The van der Waals surface area contributed by atoms with Gasteiger partial charge in [-0.25, -0.2) is 0 Å². The third kappa shape index (κ3) is 5.86. The van der Waals surface area contributed by atoms with Gasteiger partial charge in [-0.1, -0.05) is 0 Å². The molecule has 0 aliphatic heterocycles. The first kappa shape index (κ1) is 14.2. The average Bonchev–Trinajstić information content (AvgIpc) is 2.74. The molecule has 1 rings (SSSR count). The molecule has 0 radical (unpaired) electrons. The van der Waals surface area contributed by atoms with Crippen LogP contribution in [0.4, 0.5) is 0 Å². The summed E-state index contributed by atoms with van der Waals surface area (Å²) in [6, 6.07) is 4.22. The number of ether oxygens (including phenoxy) is 2. The van der Waals surface area contributed by atoms with E-state index in [0.717, 1.165) is 37.7 Å². The Labute approximate surface area is 103 Å². The Morgan fingerprint density at radius 1 is 1.29 bits per heavy atom. The maximum atomic E-state index is 5.54. The van der Waals surface area contributed by atoms with Crippen LogP contribution in [0.25, 0.3) is 0 Å². The van der Waals surface area contributed by atoms with Crippen molar-refractivity contribution >= 4 is 0 Å². The molecule has 4 nitrogen and oxygen atoms in total. The number of methoxy groups -OCH3 is 1. The van der Waals surface area contributed by atoms with Crippen molar-refractivity contribution in [2.24, 2.45) is 0 Å². The normalized spacial score (nSPS) is 12.9. The first-order chi connectivity index (χ1) is 8.24. The van der Waals surface area contributed by atoms with E-state index in [2.05, 4.69) is 12.2 Å². The number of hydrogen-bond donors (Lipinski definition) is 1. The van der Waals surface area contributed by atoms with Crippen molar-refractivity contribution in [2.75, 3.05) is 33.5 Å². The largest absolute Gasteiger partial charge is 0.465 e. The van der Waals surface area contributed by atoms with Crippen LogP contribution in [0.5, 0.6) is 0 Å². The van der Waals surface area contributed by atoms with Crippen LogP contribution >= 0.6 is 0 Å². The molecule has 1 heterocycles. The first-order valence-electron chi connectivity index (χ1n) is 6.10. The monoisotopic (exact) mass is 241 g/mol. The van der Waals surface area contributed by atoms with Gasteiger partial charge in [-0.15, -0.1) is 0 Å². The molecule has 1 N–H and O–H groups in total. The van der Waals surface area contributed by atoms with Crippen molar-refractivity contribution in [1.82, 2.24) is 5.32 Å². The first-order valence-corrected chi connectivity index (χ1v) is 6.10. The van der Waals surface area contributed by atoms with Gasteiger partial charge >= 0.3 is 0 Å². The molecule has 1 atom stereocenters. The third-order valence-electron chi connectivity index (χ3n) is 2.52. The highest BCUT2D eigenvalue weighted by Crippen LogP contribution is 2.14. The van der Waals surface area contributed by atoms with E-state index in [9.17, 15) is 0 Å². The number of hydrogen-bond acceptors (Lipinski definition) is 4. The number of furan rings is 1. The van der Waals surface area contributed by atoms with E-state index in [4.69, 9.17) is 13.9 Å². The molecule has 0 amide bonds. The molecule has 0 aromatic carbocycles. The lowest BCUT2D eigenvalue weighted by Gasteiger charge is -2.11. The van der Waals surface area contributed by atoms with Gasteiger partial charge in [-0.3, -0.25) is 0 Å². The highest BCUT2D eigenvalue weighted by atomic mass is 16.5. The summed E-state index contributed by atoms with van der Waals surface area (Å²) in [5.41, 5.74) is 0. The zero-order valence-corrected chi connectivity index (χ0v) is 11.0. The highest BCUT2D eigenvalue weighted by molar-refractivity contribution is 5.08.